The zero-order chi connectivity index (χ0) is 19.2. The Morgan fingerprint density at radius 1 is 0.889 bits per heavy atom. The number of nitrogens with one attached hydrogen (secondary N) is 1. The van der Waals surface area contributed by atoms with Crippen molar-refractivity contribution in [3.63, 3.8) is 0 Å². The van der Waals surface area contributed by atoms with E-state index >= 15 is 0 Å². The molecule has 3 heterocycles. The number of carbonyl (C=O) groups excluding carboxylic acids is 2. The van der Waals surface area contributed by atoms with Crippen LogP contribution in [0.1, 0.15) is 38.5 Å². The molecule has 27 heavy (non-hydrogen) atoms. The molecule has 0 spiro atoms. The lowest BCUT2D eigenvalue weighted by atomic mass is 10.0. The predicted octanol–water partition coefficient (Wildman–Crippen LogP) is -0.0140. The van der Waals surface area contributed by atoms with Gasteiger partial charge in [0.15, 0.2) is 0 Å². The van der Waals surface area contributed by atoms with Gasteiger partial charge in [-0.15, -0.1) is 0 Å². The van der Waals surface area contributed by atoms with E-state index < -0.39 is 17.8 Å². The highest BCUT2D eigenvalue weighted by Crippen LogP contribution is 2.19. The Hall–Kier alpha value is -1.67. The lowest BCUT2D eigenvalue weighted by molar-refractivity contribution is -0.155. The van der Waals surface area contributed by atoms with Crippen LogP contribution >= 0.6 is 0 Å². The molecule has 0 aliphatic carbocycles. The highest BCUT2D eigenvalue weighted by atomic mass is 16.4. The second-order valence-electron chi connectivity index (χ2n) is 7.88. The van der Waals surface area contributed by atoms with Crippen LogP contribution in [-0.2, 0) is 14.4 Å². The highest BCUT2D eigenvalue weighted by molar-refractivity contribution is 6.00. The number of carboxylic acid groups (broad SMARTS) is 1. The molecule has 3 fully saturated rings. The number of piperidine rings is 2. The third kappa shape index (κ3) is 5.19. The van der Waals surface area contributed by atoms with Gasteiger partial charge < -0.3 is 20.2 Å². The average Bonchev–Trinajstić information content (AvgIpc) is 2.72. The minimum atomic E-state index is -1.26. The molecule has 3 aliphatic rings. The van der Waals surface area contributed by atoms with Crippen LogP contribution in [0.3, 0.4) is 0 Å². The van der Waals surface area contributed by atoms with E-state index in [1.54, 1.807) is 9.80 Å². The Kier molecular flexibility index (Phi) is 7.07. The molecule has 2 amide bonds. The molecule has 3 saturated heterocycles. The van der Waals surface area contributed by atoms with Crippen molar-refractivity contribution < 1.29 is 19.5 Å². The van der Waals surface area contributed by atoms with Gasteiger partial charge in [-0.1, -0.05) is 0 Å². The number of carbonyl (C=O) groups is 3. The minimum absolute atomic E-state index is 0.205. The first-order valence-electron chi connectivity index (χ1n) is 10.3. The highest BCUT2D eigenvalue weighted by Gasteiger charge is 2.36. The maximum absolute atomic E-state index is 12.8. The third-order valence-corrected chi connectivity index (χ3v) is 6.13. The van der Waals surface area contributed by atoms with Crippen LogP contribution in [0.15, 0.2) is 0 Å². The van der Waals surface area contributed by atoms with E-state index in [0.717, 1.165) is 58.3 Å². The van der Waals surface area contributed by atoms with Gasteiger partial charge in [0.1, 0.15) is 5.92 Å². The first-order chi connectivity index (χ1) is 13.1. The summed E-state index contributed by atoms with van der Waals surface area (Å²) in [7, 11) is 0. The number of hydrogen-bond donors (Lipinski definition) is 2. The van der Waals surface area contributed by atoms with Gasteiger partial charge in [-0.25, -0.2) is 0 Å². The number of amides is 2. The van der Waals surface area contributed by atoms with E-state index in [0.29, 0.717) is 32.2 Å². The van der Waals surface area contributed by atoms with Gasteiger partial charge in [-0.3, -0.25) is 19.3 Å². The van der Waals surface area contributed by atoms with Gasteiger partial charge in [-0.05, 0) is 45.2 Å². The van der Waals surface area contributed by atoms with Crippen LogP contribution in [0.5, 0.6) is 0 Å². The maximum Gasteiger partial charge on any atom is 0.316 e. The SMILES string of the molecule is O=C(O)C(CC(=O)N1CCCCC1)C(=O)N1CCN(C2CCNCC2)CC1. The van der Waals surface area contributed by atoms with Gasteiger partial charge in [0.25, 0.3) is 0 Å². The van der Waals surface area contributed by atoms with E-state index in [1.165, 1.54) is 0 Å². The first kappa shape index (κ1) is 20.1. The Labute approximate surface area is 160 Å². The normalized spacial score (nSPS) is 23.9. The summed E-state index contributed by atoms with van der Waals surface area (Å²) >= 11 is 0. The molecule has 2 N–H and O–H groups in total. The summed E-state index contributed by atoms with van der Waals surface area (Å²) in [5, 5.41) is 12.9. The molecular formula is C19H32N4O4. The van der Waals surface area contributed by atoms with E-state index in [-0.39, 0.29) is 12.3 Å². The first-order valence-corrected chi connectivity index (χ1v) is 10.3. The Balaban J connectivity index is 1.52. The topological polar surface area (TPSA) is 93.2 Å². The Morgan fingerprint density at radius 3 is 2.11 bits per heavy atom. The van der Waals surface area contributed by atoms with E-state index in [9.17, 15) is 19.5 Å². The van der Waals surface area contributed by atoms with Crippen molar-refractivity contribution in [1.82, 2.24) is 20.0 Å². The van der Waals surface area contributed by atoms with E-state index in [1.807, 2.05) is 0 Å². The maximum atomic E-state index is 12.8. The number of rotatable bonds is 5. The van der Waals surface area contributed by atoms with E-state index in [2.05, 4.69) is 10.2 Å². The summed E-state index contributed by atoms with van der Waals surface area (Å²) in [6.07, 6.45) is 5.04. The van der Waals surface area contributed by atoms with Crippen LogP contribution in [0.2, 0.25) is 0 Å². The molecule has 3 rings (SSSR count). The number of nitrogens with zero attached hydrogens (tertiary/aromatic N) is 3. The lowest BCUT2D eigenvalue weighted by Crippen LogP contribution is -2.55. The number of hydrogen-bond acceptors (Lipinski definition) is 5. The summed E-state index contributed by atoms with van der Waals surface area (Å²) in [4.78, 5) is 42.7. The fourth-order valence-electron chi connectivity index (χ4n) is 4.43. The number of likely N-dealkylation sites (tertiary alicyclic amines) is 1. The van der Waals surface area contributed by atoms with Crippen molar-refractivity contribution >= 4 is 17.8 Å². The van der Waals surface area contributed by atoms with Gasteiger partial charge in [0, 0.05) is 51.7 Å². The largest absolute Gasteiger partial charge is 0.481 e. The second kappa shape index (κ2) is 9.50. The van der Waals surface area contributed by atoms with Gasteiger partial charge in [0.05, 0.1) is 0 Å². The predicted molar refractivity (Wildman–Crippen MR) is 100 cm³/mol. The molecule has 152 valence electrons. The van der Waals surface area contributed by atoms with Crippen LogP contribution in [0.4, 0.5) is 0 Å². The molecular weight excluding hydrogens is 348 g/mol. The Bertz CT molecular complexity index is 536. The van der Waals surface area contributed by atoms with Gasteiger partial charge >= 0.3 is 5.97 Å². The van der Waals surface area contributed by atoms with Crippen LogP contribution in [0.25, 0.3) is 0 Å². The van der Waals surface area contributed by atoms with Crippen LogP contribution < -0.4 is 5.32 Å². The molecule has 0 radical (unpaired) electrons. The van der Waals surface area contributed by atoms with E-state index in [4.69, 9.17) is 0 Å². The summed E-state index contributed by atoms with van der Waals surface area (Å²) < 4.78 is 0. The zero-order valence-electron chi connectivity index (χ0n) is 16.1. The molecule has 0 aromatic carbocycles. The minimum Gasteiger partial charge on any atom is -0.481 e. The summed E-state index contributed by atoms with van der Waals surface area (Å²) in [6.45, 7) is 6.07. The number of aliphatic carboxylic acids is 1. The standard InChI is InChI=1S/C19H32N4O4/c24-17(22-8-2-1-3-9-22)14-16(19(26)27)18(25)23-12-10-21(11-13-23)15-4-6-20-7-5-15/h15-16,20H,1-14H2,(H,26,27). The summed E-state index contributed by atoms with van der Waals surface area (Å²) in [6, 6.07) is 0.555. The van der Waals surface area contributed by atoms with Crippen LogP contribution in [0, 0.1) is 5.92 Å². The zero-order valence-corrected chi connectivity index (χ0v) is 16.1. The van der Waals surface area contributed by atoms with Crippen molar-refractivity contribution in [1.29, 1.82) is 0 Å². The van der Waals surface area contributed by atoms with Gasteiger partial charge in [0.2, 0.25) is 11.8 Å². The molecule has 8 nitrogen and oxygen atoms in total. The molecule has 3 aliphatic heterocycles. The molecule has 0 saturated carbocycles. The smallest absolute Gasteiger partial charge is 0.316 e. The third-order valence-electron chi connectivity index (χ3n) is 6.13. The molecule has 0 aromatic heterocycles. The summed E-state index contributed by atoms with van der Waals surface area (Å²) in [5.41, 5.74) is 0. The van der Waals surface area contributed by atoms with Crippen molar-refractivity contribution in [2.24, 2.45) is 5.92 Å². The Morgan fingerprint density at radius 2 is 1.52 bits per heavy atom. The van der Waals surface area contributed by atoms with Crippen LogP contribution in [-0.4, -0.2) is 96.0 Å². The molecule has 0 bridgehead atoms. The second-order valence-corrected chi connectivity index (χ2v) is 7.88. The quantitative estimate of drug-likeness (QED) is 0.652. The van der Waals surface area contributed by atoms with Crippen molar-refractivity contribution in [3.8, 4) is 0 Å². The number of piperazine rings is 1. The van der Waals surface area contributed by atoms with Crippen molar-refractivity contribution in [2.45, 2.75) is 44.6 Å². The van der Waals surface area contributed by atoms with Crippen molar-refractivity contribution in [2.75, 3.05) is 52.4 Å². The van der Waals surface area contributed by atoms with Crippen molar-refractivity contribution in [3.05, 3.63) is 0 Å². The molecule has 0 aromatic rings. The average molecular weight is 380 g/mol. The van der Waals surface area contributed by atoms with Gasteiger partial charge in [-0.2, -0.15) is 0 Å². The number of carboxylic acids is 1. The lowest BCUT2D eigenvalue weighted by Gasteiger charge is -2.41. The molecule has 1 atom stereocenters. The summed E-state index contributed by atoms with van der Waals surface area (Å²) in [5.74, 6) is -3.06. The fraction of sp³-hybridized carbons (Fsp3) is 0.842. The molecule has 1 unspecified atom stereocenters. The monoisotopic (exact) mass is 380 g/mol. The molecule has 8 heteroatoms. The fourth-order valence-corrected chi connectivity index (χ4v) is 4.43.